The molecule has 28 heavy (non-hydrogen) atoms. The third kappa shape index (κ3) is 5.23. The van der Waals surface area contributed by atoms with Gasteiger partial charge in [0.25, 0.3) is 0 Å². The van der Waals surface area contributed by atoms with E-state index in [1.165, 1.54) is 12.0 Å². The number of carbonyl (C=O) groups excluding carboxylic acids is 1. The van der Waals surface area contributed by atoms with Gasteiger partial charge in [-0.1, -0.05) is 32.1 Å². The van der Waals surface area contributed by atoms with Crippen LogP contribution in [0.1, 0.15) is 39.5 Å². The van der Waals surface area contributed by atoms with Crippen LogP contribution in [-0.4, -0.2) is 66.0 Å². The van der Waals surface area contributed by atoms with Crippen LogP contribution in [0.5, 0.6) is 0 Å². The van der Waals surface area contributed by atoms with E-state index in [4.69, 9.17) is 10.8 Å². The van der Waals surface area contributed by atoms with E-state index in [2.05, 4.69) is 36.2 Å². The average molecular weight is 392 g/mol. The van der Waals surface area contributed by atoms with Gasteiger partial charge in [0.15, 0.2) is 0 Å². The van der Waals surface area contributed by atoms with E-state index in [-0.39, 0.29) is 30.6 Å². The third-order valence-electron chi connectivity index (χ3n) is 6.90. The van der Waals surface area contributed by atoms with E-state index < -0.39 is 6.04 Å². The Kier molecular flexibility index (Phi) is 6.97. The van der Waals surface area contributed by atoms with Crippen LogP contribution in [0.2, 0.25) is 0 Å². The van der Waals surface area contributed by atoms with Crippen LogP contribution in [0.3, 0.4) is 0 Å². The number of allylic oxidation sites excluding steroid dienone is 3. The lowest BCUT2D eigenvalue weighted by molar-refractivity contribution is -0.122. The molecule has 0 aromatic carbocycles. The summed E-state index contributed by atoms with van der Waals surface area (Å²) in [6, 6.07) is -0.534. The molecule has 6 atom stereocenters. The molecule has 0 aromatic rings. The van der Waals surface area contributed by atoms with E-state index in [9.17, 15) is 9.90 Å². The van der Waals surface area contributed by atoms with Crippen molar-refractivity contribution in [2.24, 2.45) is 28.9 Å². The zero-order chi connectivity index (χ0) is 20.3. The molecule has 1 saturated carbocycles. The summed E-state index contributed by atoms with van der Waals surface area (Å²) >= 11 is 0. The van der Waals surface area contributed by atoms with Crippen LogP contribution < -0.4 is 11.1 Å². The normalized spacial score (nSPS) is 36.7. The zero-order valence-electron chi connectivity index (χ0n) is 17.3. The highest BCUT2D eigenvalue weighted by Gasteiger charge is 2.42. The van der Waals surface area contributed by atoms with Crippen LogP contribution in [0.25, 0.3) is 0 Å². The maximum absolute atomic E-state index is 11.9. The van der Waals surface area contributed by atoms with Gasteiger partial charge in [-0.25, -0.2) is 0 Å². The van der Waals surface area contributed by atoms with Crippen molar-refractivity contribution in [3.63, 3.8) is 0 Å². The van der Waals surface area contributed by atoms with E-state index >= 15 is 0 Å². The number of hydrogen-bond acceptors (Lipinski definition) is 5. The second kappa shape index (κ2) is 9.08. The summed E-state index contributed by atoms with van der Waals surface area (Å²) in [5.41, 5.74) is 7.38. The Morgan fingerprint density at radius 1 is 1.50 bits per heavy atom. The summed E-state index contributed by atoms with van der Waals surface area (Å²) in [6.45, 7) is 7.59. The van der Waals surface area contributed by atoms with Gasteiger partial charge in [0.2, 0.25) is 5.91 Å². The Hall–Kier alpha value is -1.21. The monoisotopic (exact) mass is 391 g/mol. The number of hydrogen-bond donors (Lipinski definition) is 4. The van der Waals surface area contributed by atoms with Gasteiger partial charge in [-0.2, -0.15) is 0 Å². The lowest BCUT2D eigenvalue weighted by Crippen LogP contribution is -2.43. The van der Waals surface area contributed by atoms with E-state index in [1.807, 2.05) is 6.08 Å². The summed E-state index contributed by atoms with van der Waals surface area (Å²) < 4.78 is 0. The van der Waals surface area contributed by atoms with Gasteiger partial charge < -0.3 is 26.2 Å². The first kappa shape index (κ1) is 21.5. The van der Waals surface area contributed by atoms with Crippen molar-refractivity contribution in [2.75, 3.05) is 32.8 Å². The smallest absolute Gasteiger partial charge is 0.237 e. The maximum atomic E-state index is 11.9. The number of amides is 1. The van der Waals surface area contributed by atoms with E-state index in [1.54, 1.807) is 0 Å². The van der Waals surface area contributed by atoms with Crippen molar-refractivity contribution in [3.05, 3.63) is 23.8 Å². The second-order valence-electron chi connectivity index (χ2n) is 9.30. The first-order valence-corrected chi connectivity index (χ1v) is 10.8. The van der Waals surface area contributed by atoms with Crippen molar-refractivity contribution >= 4 is 5.91 Å². The van der Waals surface area contributed by atoms with Crippen LogP contribution >= 0.6 is 0 Å². The molecular weight excluding hydrogens is 354 g/mol. The SMILES string of the molecule is C[C@@H]1C[C@@H]1C1=CC(C)(C2CCN(CCC(N)C(=O)NCCO)C2)CC(O)C=C1. The summed E-state index contributed by atoms with van der Waals surface area (Å²) in [5, 5.41) is 21.9. The highest BCUT2D eigenvalue weighted by Crippen LogP contribution is 2.49. The van der Waals surface area contributed by atoms with Crippen molar-refractivity contribution in [3.8, 4) is 0 Å². The second-order valence-corrected chi connectivity index (χ2v) is 9.30. The highest BCUT2D eigenvalue weighted by atomic mass is 16.3. The van der Waals surface area contributed by atoms with Gasteiger partial charge in [-0.05, 0) is 61.0 Å². The van der Waals surface area contributed by atoms with Gasteiger partial charge in [0, 0.05) is 19.6 Å². The number of nitrogens with one attached hydrogen (secondary N) is 1. The number of rotatable bonds is 8. The summed E-state index contributed by atoms with van der Waals surface area (Å²) in [7, 11) is 0. The predicted octanol–water partition coefficient (Wildman–Crippen LogP) is 1.04. The van der Waals surface area contributed by atoms with Gasteiger partial charge in [0.05, 0.1) is 18.8 Å². The van der Waals surface area contributed by atoms with Crippen molar-refractivity contribution in [2.45, 2.75) is 51.7 Å². The number of nitrogens with zero attached hydrogens (tertiary/aromatic N) is 1. The molecule has 1 amide bonds. The summed E-state index contributed by atoms with van der Waals surface area (Å²) in [4.78, 5) is 14.3. The molecule has 0 aromatic heterocycles. The van der Waals surface area contributed by atoms with E-state index in [0.717, 1.165) is 38.4 Å². The quantitative estimate of drug-likeness (QED) is 0.496. The Morgan fingerprint density at radius 2 is 2.25 bits per heavy atom. The fourth-order valence-corrected chi connectivity index (χ4v) is 4.87. The Morgan fingerprint density at radius 3 is 2.93 bits per heavy atom. The molecule has 4 unspecified atom stereocenters. The highest BCUT2D eigenvalue weighted by molar-refractivity contribution is 5.81. The predicted molar refractivity (Wildman–Crippen MR) is 110 cm³/mol. The van der Waals surface area contributed by atoms with Gasteiger partial charge >= 0.3 is 0 Å². The molecule has 2 aliphatic carbocycles. The number of likely N-dealkylation sites (tertiary alicyclic amines) is 1. The molecular formula is C22H37N3O3. The van der Waals surface area contributed by atoms with Crippen LogP contribution in [-0.2, 0) is 4.79 Å². The fourth-order valence-electron chi connectivity index (χ4n) is 4.87. The van der Waals surface area contributed by atoms with Crippen molar-refractivity contribution in [1.82, 2.24) is 10.2 Å². The molecule has 3 rings (SSSR count). The Bertz CT molecular complexity index is 620. The molecule has 0 radical (unpaired) electrons. The molecule has 0 spiro atoms. The molecule has 1 aliphatic heterocycles. The standard InChI is InChI=1S/C22H37N3O3/c1-15-11-19(15)16-3-4-18(27)13-22(2,12-16)17-5-8-25(14-17)9-6-20(23)21(28)24-7-10-26/h3-4,12,15,17-20,26-27H,5-11,13-14,23H2,1-2H3,(H,24,28)/t15-,17?,18?,19+,20?,22?/m1/s1. The molecule has 2 fully saturated rings. The van der Waals surface area contributed by atoms with Crippen molar-refractivity contribution in [1.29, 1.82) is 0 Å². The van der Waals surface area contributed by atoms with Crippen molar-refractivity contribution < 1.29 is 15.0 Å². The van der Waals surface area contributed by atoms with Gasteiger partial charge in [-0.15, -0.1) is 0 Å². The molecule has 6 nitrogen and oxygen atoms in total. The Labute approximate surface area is 168 Å². The van der Waals surface area contributed by atoms with Crippen LogP contribution in [0.4, 0.5) is 0 Å². The third-order valence-corrected chi connectivity index (χ3v) is 6.90. The minimum absolute atomic E-state index is 0.00404. The van der Waals surface area contributed by atoms with Crippen LogP contribution in [0, 0.1) is 23.2 Å². The maximum Gasteiger partial charge on any atom is 0.237 e. The summed E-state index contributed by atoms with van der Waals surface area (Å²) in [6.07, 6.45) is 9.96. The number of aliphatic hydroxyl groups excluding tert-OH is 2. The number of carbonyl (C=O) groups is 1. The molecule has 5 N–H and O–H groups in total. The van der Waals surface area contributed by atoms with Gasteiger partial charge in [-0.3, -0.25) is 4.79 Å². The first-order valence-electron chi connectivity index (χ1n) is 10.8. The average Bonchev–Trinajstić information content (AvgIpc) is 3.23. The largest absolute Gasteiger partial charge is 0.395 e. The summed E-state index contributed by atoms with van der Waals surface area (Å²) in [5.74, 6) is 1.73. The number of aliphatic hydroxyl groups is 2. The number of nitrogens with two attached hydrogens (primary N) is 1. The molecule has 6 heteroatoms. The molecule has 1 saturated heterocycles. The minimum Gasteiger partial charge on any atom is -0.395 e. The topological polar surface area (TPSA) is 98.8 Å². The zero-order valence-corrected chi connectivity index (χ0v) is 17.3. The molecule has 158 valence electrons. The van der Waals surface area contributed by atoms with E-state index in [0.29, 0.717) is 18.3 Å². The van der Waals surface area contributed by atoms with Crippen LogP contribution in [0.15, 0.2) is 23.8 Å². The first-order chi connectivity index (χ1) is 13.3. The molecule has 0 bridgehead atoms. The molecule has 1 heterocycles. The van der Waals surface area contributed by atoms with Gasteiger partial charge in [0.1, 0.15) is 0 Å². The lowest BCUT2D eigenvalue weighted by atomic mass is 9.72. The fraction of sp³-hybridized carbons (Fsp3) is 0.773. The minimum atomic E-state index is -0.534. The molecule has 3 aliphatic rings. The Balaban J connectivity index is 1.55. The lowest BCUT2D eigenvalue weighted by Gasteiger charge is -2.34.